The van der Waals surface area contributed by atoms with Crippen molar-refractivity contribution in [3.63, 3.8) is 0 Å². The fourth-order valence-corrected chi connectivity index (χ4v) is 5.20. The molecule has 0 aliphatic heterocycles. The molecule has 1 aromatic carbocycles. The maximum atomic E-state index is 10.8. The van der Waals surface area contributed by atoms with Crippen LogP contribution in [-0.4, -0.2) is 17.7 Å². The van der Waals surface area contributed by atoms with Crippen molar-refractivity contribution in [2.24, 2.45) is 17.8 Å². The second kappa shape index (κ2) is 9.43. The first-order valence-corrected chi connectivity index (χ1v) is 10.6. The molecular formula is C23H34O3. The topological polar surface area (TPSA) is 46.5 Å². The van der Waals surface area contributed by atoms with E-state index in [2.05, 4.69) is 13.0 Å². The van der Waals surface area contributed by atoms with Crippen LogP contribution in [0.3, 0.4) is 0 Å². The van der Waals surface area contributed by atoms with Crippen LogP contribution in [0.1, 0.15) is 75.8 Å². The minimum atomic E-state index is -0.906. The van der Waals surface area contributed by atoms with Gasteiger partial charge in [0.15, 0.2) is 6.61 Å². The Morgan fingerprint density at radius 3 is 2.73 bits per heavy atom. The SMILES string of the molecule is CCCCCCCC[C@H]1CC[C@@H]2Cc3c(cccc3OCC(=O)O)C[C@H]12. The Balaban J connectivity index is 1.55. The summed E-state index contributed by atoms with van der Waals surface area (Å²) in [6.45, 7) is 2.03. The molecule has 0 heterocycles. The third-order valence-electron chi connectivity index (χ3n) is 6.55. The number of rotatable bonds is 10. The molecule has 2 aliphatic carbocycles. The normalized spacial score (nSPS) is 24.1. The van der Waals surface area contributed by atoms with Gasteiger partial charge in [0.1, 0.15) is 5.75 Å². The highest BCUT2D eigenvalue weighted by Crippen LogP contribution is 2.48. The Morgan fingerprint density at radius 2 is 1.92 bits per heavy atom. The van der Waals surface area contributed by atoms with Gasteiger partial charge in [-0.25, -0.2) is 4.79 Å². The van der Waals surface area contributed by atoms with Crippen LogP contribution in [0.2, 0.25) is 0 Å². The molecule has 3 atom stereocenters. The standard InChI is InChI=1S/C23H34O3/c1-2-3-4-5-6-7-9-17-12-13-19-15-21-18(14-20(17)19)10-8-11-22(21)26-16-23(24)25/h8,10-11,17,19-20H,2-7,9,12-16H2,1H3,(H,24,25)/t17-,19+,20+/m0/s1. The lowest BCUT2D eigenvalue weighted by Gasteiger charge is -2.32. The summed E-state index contributed by atoms with van der Waals surface area (Å²) in [5.74, 6) is 2.37. The zero-order chi connectivity index (χ0) is 18.4. The Kier molecular flexibility index (Phi) is 6.99. The Hall–Kier alpha value is -1.51. The number of carbonyl (C=O) groups is 1. The zero-order valence-corrected chi connectivity index (χ0v) is 16.2. The van der Waals surface area contributed by atoms with Crippen LogP contribution in [0.5, 0.6) is 5.75 Å². The lowest BCUT2D eigenvalue weighted by Crippen LogP contribution is -2.26. The van der Waals surface area contributed by atoms with Gasteiger partial charge in [-0.2, -0.15) is 0 Å². The van der Waals surface area contributed by atoms with Gasteiger partial charge in [0, 0.05) is 0 Å². The highest BCUT2D eigenvalue weighted by atomic mass is 16.5. The summed E-state index contributed by atoms with van der Waals surface area (Å²) in [6.07, 6.45) is 14.7. The van der Waals surface area contributed by atoms with Gasteiger partial charge in [-0.05, 0) is 60.6 Å². The first-order chi connectivity index (χ1) is 12.7. The van der Waals surface area contributed by atoms with Crippen LogP contribution in [0.25, 0.3) is 0 Å². The first kappa shape index (κ1) is 19.3. The Labute approximate surface area is 158 Å². The molecule has 0 radical (unpaired) electrons. The largest absolute Gasteiger partial charge is 0.482 e. The van der Waals surface area contributed by atoms with Crippen LogP contribution in [0, 0.1) is 17.8 Å². The molecule has 0 aromatic heterocycles. The summed E-state index contributed by atoms with van der Waals surface area (Å²) in [7, 11) is 0. The van der Waals surface area contributed by atoms with E-state index in [0.29, 0.717) is 0 Å². The summed E-state index contributed by atoms with van der Waals surface area (Å²) < 4.78 is 5.55. The number of carboxylic acid groups (broad SMARTS) is 1. The molecule has 0 unspecified atom stereocenters. The molecule has 0 saturated heterocycles. The van der Waals surface area contributed by atoms with E-state index in [-0.39, 0.29) is 6.61 Å². The number of hydrogen-bond donors (Lipinski definition) is 1. The fourth-order valence-electron chi connectivity index (χ4n) is 5.20. The number of carboxylic acids is 1. The molecule has 1 aromatic rings. The Morgan fingerprint density at radius 1 is 1.12 bits per heavy atom. The summed E-state index contributed by atoms with van der Waals surface area (Å²) in [5, 5.41) is 8.89. The minimum Gasteiger partial charge on any atom is -0.482 e. The fraction of sp³-hybridized carbons (Fsp3) is 0.696. The third kappa shape index (κ3) is 4.81. The summed E-state index contributed by atoms with van der Waals surface area (Å²) >= 11 is 0. The average molecular weight is 359 g/mol. The van der Waals surface area contributed by atoms with Gasteiger partial charge in [0.2, 0.25) is 0 Å². The van der Waals surface area contributed by atoms with Gasteiger partial charge >= 0.3 is 5.97 Å². The maximum absolute atomic E-state index is 10.8. The van der Waals surface area contributed by atoms with Gasteiger partial charge in [-0.15, -0.1) is 0 Å². The van der Waals surface area contributed by atoms with E-state index in [1.54, 1.807) is 0 Å². The molecule has 3 heteroatoms. The molecule has 0 amide bonds. The van der Waals surface area contributed by atoms with Crippen LogP contribution < -0.4 is 4.74 Å². The average Bonchev–Trinajstić information content (AvgIpc) is 3.03. The van der Waals surface area contributed by atoms with Crippen molar-refractivity contribution in [1.29, 1.82) is 0 Å². The smallest absolute Gasteiger partial charge is 0.341 e. The Bertz CT molecular complexity index is 595. The molecule has 26 heavy (non-hydrogen) atoms. The van der Waals surface area contributed by atoms with E-state index < -0.39 is 5.97 Å². The molecule has 1 N–H and O–H groups in total. The van der Waals surface area contributed by atoms with Gasteiger partial charge in [0.05, 0.1) is 0 Å². The van der Waals surface area contributed by atoms with Crippen LogP contribution in [0.4, 0.5) is 0 Å². The predicted octanol–water partition coefficient (Wildman–Crippen LogP) is 5.64. The number of ether oxygens (including phenoxy) is 1. The van der Waals surface area contributed by atoms with E-state index >= 15 is 0 Å². The van der Waals surface area contributed by atoms with Crippen LogP contribution >= 0.6 is 0 Å². The van der Waals surface area contributed by atoms with Crippen molar-refractivity contribution in [2.75, 3.05) is 6.61 Å². The zero-order valence-electron chi connectivity index (χ0n) is 16.2. The van der Waals surface area contributed by atoms with Gasteiger partial charge in [-0.1, -0.05) is 64.0 Å². The second-order valence-corrected chi connectivity index (χ2v) is 8.30. The minimum absolute atomic E-state index is 0.245. The lowest BCUT2D eigenvalue weighted by atomic mass is 9.73. The molecule has 2 aliphatic rings. The first-order valence-electron chi connectivity index (χ1n) is 10.6. The van der Waals surface area contributed by atoms with E-state index in [9.17, 15) is 4.79 Å². The molecule has 0 bridgehead atoms. The molecule has 3 rings (SSSR count). The monoisotopic (exact) mass is 358 g/mol. The van der Waals surface area contributed by atoms with Crippen molar-refractivity contribution in [1.82, 2.24) is 0 Å². The van der Waals surface area contributed by atoms with Crippen molar-refractivity contribution in [3.8, 4) is 5.75 Å². The van der Waals surface area contributed by atoms with Gasteiger partial charge in [-0.3, -0.25) is 0 Å². The highest BCUT2D eigenvalue weighted by Gasteiger charge is 2.39. The highest BCUT2D eigenvalue weighted by molar-refractivity contribution is 5.68. The van der Waals surface area contributed by atoms with Crippen LogP contribution in [-0.2, 0) is 17.6 Å². The molecule has 3 nitrogen and oxygen atoms in total. The predicted molar refractivity (Wildman–Crippen MR) is 105 cm³/mol. The second-order valence-electron chi connectivity index (χ2n) is 8.30. The van der Waals surface area contributed by atoms with E-state index in [1.807, 2.05) is 12.1 Å². The quantitative estimate of drug-likeness (QED) is 0.550. The van der Waals surface area contributed by atoms with Gasteiger partial charge < -0.3 is 9.84 Å². The maximum Gasteiger partial charge on any atom is 0.341 e. The molecule has 1 saturated carbocycles. The molecular weight excluding hydrogens is 324 g/mol. The van der Waals surface area contributed by atoms with E-state index in [0.717, 1.165) is 36.3 Å². The number of fused-ring (bicyclic) bond motifs is 2. The third-order valence-corrected chi connectivity index (χ3v) is 6.55. The van der Waals surface area contributed by atoms with Gasteiger partial charge in [0.25, 0.3) is 0 Å². The number of unbranched alkanes of at least 4 members (excludes halogenated alkanes) is 5. The number of benzene rings is 1. The van der Waals surface area contributed by atoms with Crippen molar-refractivity contribution in [2.45, 2.75) is 77.6 Å². The summed E-state index contributed by atoms with van der Waals surface area (Å²) in [4.78, 5) is 10.8. The van der Waals surface area contributed by atoms with E-state index in [4.69, 9.17) is 9.84 Å². The van der Waals surface area contributed by atoms with Crippen molar-refractivity contribution >= 4 is 5.97 Å². The number of aliphatic carboxylic acids is 1. The van der Waals surface area contributed by atoms with Crippen molar-refractivity contribution < 1.29 is 14.6 Å². The number of hydrogen-bond acceptors (Lipinski definition) is 2. The van der Waals surface area contributed by atoms with Crippen LogP contribution in [0.15, 0.2) is 18.2 Å². The van der Waals surface area contributed by atoms with Crippen molar-refractivity contribution in [3.05, 3.63) is 29.3 Å². The summed E-state index contributed by atoms with van der Waals surface area (Å²) in [6, 6.07) is 6.18. The molecule has 1 fully saturated rings. The van der Waals surface area contributed by atoms with E-state index in [1.165, 1.54) is 68.9 Å². The molecule has 144 valence electrons. The molecule has 0 spiro atoms. The lowest BCUT2D eigenvalue weighted by molar-refractivity contribution is -0.139. The summed E-state index contributed by atoms with van der Waals surface area (Å²) in [5.41, 5.74) is 2.67.